The molecule has 0 atom stereocenters. The lowest BCUT2D eigenvalue weighted by atomic mass is 10.1. The molecule has 0 N–H and O–H groups in total. The van der Waals surface area contributed by atoms with Gasteiger partial charge in [-0.1, -0.05) is 126 Å². The van der Waals surface area contributed by atoms with E-state index in [1.54, 1.807) is 12.2 Å². The van der Waals surface area contributed by atoms with Gasteiger partial charge < -0.3 is 14.2 Å². The minimum absolute atomic E-state index is 0.0539. The molecule has 5 nitrogen and oxygen atoms in total. The predicted octanol–water partition coefficient (Wildman–Crippen LogP) is 10.5. The molecule has 0 spiro atoms. The third-order valence-corrected chi connectivity index (χ3v) is 6.65. The Kier molecular flexibility index (Phi) is 33.9. The van der Waals surface area contributed by atoms with Crippen LogP contribution < -0.4 is 0 Å². The van der Waals surface area contributed by atoms with Crippen LogP contribution in [0, 0.1) is 0 Å². The van der Waals surface area contributed by atoms with Crippen LogP contribution in [0.1, 0.15) is 129 Å². The molecule has 0 bridgehead atoms. The molecule has 43 heavy (non-hydrogen) atoms. The van der Waals surface area contributed by atoms with E-state index in [2.05, 4.69) is 50.3 Å². The molecule has 0 saturated heterocycles. The van der Waals surface area contributed by atoms with Crippen molar-refractivity contribution in [3.63, 3.8) is 0 Å². The van der Waals surface area contributed by atoms with Gasteiger partial charge in [-0.05, 0) is 76.4 Å². The molecule has 0 aromatic rings. The maximum absolute atomic E-state index is 11.8. The van der Waals surface area contributed by atoms with Crippen molar-refractivity contribution >= 4 is 11.6 Å². The lowest BCUT2D eigenvalue weighted by molar-refractivity contribution is -0.147. The first-order chi connectivity index (χ1) is 21.2. The Morgan fingerprint density at radius 3 is 1.14 bits per heavy atom. The summed E-state index contributed by atoms with van der Waals surface area (Å²) in [4.78, 5) is 23.6. The average molecular weight is 599 g/mol. The van der Waals surface area contributed by atoms with E-state index in [-0.39, 0.29) is 38.4 Å². The van der Waals surface area contributed by atoms with Gasteiger partial charge in [0.05, 0.1) is 0 Å². The summed E-state index contributed by atoms with van der Waals surface area (Å²) in [5.41, 5.74) is 0. The van der Waals surface area contributed by atoms with Crippen molar-refractivity contribution in [1.29, 1.82) is 0 Å². The van der Waals surface area contributed by atoms with Gasteiger partial charge in [0.25, 0.3) is 0 Å². The van der Waals surface area contributed by atoms with Gasteiger partial charge in [-0.3, -0.25) is 9.59 Å². The van der Waals surface area contributed by atoms with Gasteiger partial charge in [-0.15, -0.1) is 0 Å². The molecule has 0 aliphatic rings. The Morgan fingerprint density at radius 1 is 0.419 bits per heavy atom. The molecule has 0 aliphatic heterocycles. The van der Waals surface area contributed by atoms with E-state index in [4.69, 9.17) is 14.2 Å². The molecule has 0 rings (SSSR count). The number of carbonyl (C=O) groups excluding carboxylic acids is 2. The molecule has 0 radical (unpaired) electrons. The van der Waals surface area contributed by atoms with Crippen LogP contribution in [0.4, 0.5) is 0 Å². The van der Waals surface area contributed by atoms with Gasteiger partial charge in [0.1, 0.15) is 26.8 Å². The fourth-order valence-corrected chi connectivity index (χ4v) is 4.08. The summed E-state index contributed by atoms with van der Waals surface area (Å²) < 4.78 is 15.5. The summed E-state index contributed by atoms with van der Waals surface area (Å²) in [5.74, 6) is -0.250. The molecule has 5 heteroatoms. The van der Waals surface area contributed by atoms with Crippen molar-refractivity contribution in [2.45, 2.75) is 129 Å². The minimum atomic E-state index is -0.125. The first-order valence-corrected chi connectivity index (χ1v) is 17.0. The Bertz CT molecular complexity index is 737. The molecule has 0 unspecified atom stereocenters. The highest BCUT2D eigenvalue weighted by atomic mass is 16.7. The highest BCUT2D eigenvalue weighted by Crippen LogP contribution is 2.08. The number of unbranched alkanes of at least 4 members (excludes halogenated alkanes) is 14. The monoisotopic (exact) mass is 598 g/mol. The largest absolute Gasteiger partial charge is 0.347 e. The Balaban J connectivity index is 3.53. The number of ether oxygens (including phenoxy) is 3. The van der Waals surface area contributed by atoms with Gasteiger partial charge >= 0.3 is 0 Å². The summed E-state index contributed by atoms with van der Waals surface area (Å²) in [6, 6.07) is 0. The summed E-state index contributed by atoms with van der Waals surface area (Å²) in [6.45, 7) is 4.22. The van der Waals surface area contributed by atoms with E-state index in [0.717, 1.165) is 12.8 Å². The maximum atomic E-state index is 11.8. The predicted molar refractivity (Wildman–Crippen MR) is 182 cm³/mol. The van der Waals surface area contributed by atoms with Crippen LogP contribution in [0.25, 0.3) is 0 Å². The molecule has 244 valence electrons. The van der Waals surface area contributed by atoms with Crippen LogP contribution in [-0.2, 0) is 23.8 Å². The Morgan fingerprint density at radius 2 is 0.767 bits per heavy atom. The zero-order valence-electron chi connectivity index (χ0n) is 27.5. The van der Waals surface area contributed by atoms with E-state index in [1.165, 1.54) is 115 Å². The number of ketones is 2. The highest BCUT2D eigenvalue weighted by molar-refractivity contribution is 5.91. The molecular formula is C38H62O5. The minimum Gasteiger partial charge on any atom is -0.347 e. The van der Waals surface area contributed by atoms with Crippen LogP contribution in [0.2, 0.25) is 0 Å². The van der Waals surface area contributed by atoms with E-state index in [0.29, 0.717) is 0 Å². The zero-order valence-corrected chi connectivity index (χ0v) is 27.5. The smallest absolute Gasteiger partial charge is 0.181 e. The summed E-state index contributed by atoms with van der Waals surface area (Å²) in [5, 5.41) is 0. The Labute approximate surface area is 264 Å². The second-order valence-corrected chi connectivity index (χ2v) is 10.9. The molecule has 0 amide bonds. The first kappa shape index (κ1) is 40.7. The van der Waals surface area contributed by atoms with Gasteiger partial charge in [-0.2, -0.15) is 0 Å². The van der Waals surface area contributed by atoms with Gasteiger partial charge in [0, 0.05) is 0 Å². The van der Waals surface area contributed by atoms with E-state index in [9.17, 15) is 9.59 Å². The topological polar surface area (TPSA) is 61.8 Å². The number of rotatable bonds is 32. The lowest BCUT2D eigenvalue weighted by Crippen LogP contribution is -2.12. The molecule has 0 aromatic carbocycles. The third-order valence-electron chi connectivity index (χ3n) is 6.65. The normalized spacial score (nSPS) is 12.5. The third kappa shape index (κ3) is 35.8. The fraction of sp³-hybridized carbons (Fsp3) is 0.632. The second kappa shape index (κ2) is 35.9. The highest BCUT2D eigenvalue weighted by Gasteiger charge is 1.98. The first-order valence-electron chi connectivity index (χ1n) is 17.0. The zero-order chi connectivity index (χ0) is 31.3. The van der Waals surface area contributed by atoms with Gasteiger partial charge in [0.15, 0.2) is 11.6 Å². The summed E-state index contributed by atoms with van der Waals surface area (Å²) in [6.07, 6.45) is 45.7. The van der Waals surface area contributed by atoms with Crippen LogP contribution in [0.3, 0.4) is 0 Å². The maximum Gasteiger partial charge on any atom is 0.181 e. The number of hydrogen-bond donors (Lipinski definition) is 0. The van der Waals surface area contributed by atoms with Crippen LogP contribution in [0.5, 0.6) is 0 Å². The van der Waals surface area contributed by atoms with Gasteiger partial charge in [-0.25, -0.2) is 0 Å². The average Bonchev–Trinajstić information content (AvgIpc) is 3.01. The van der Waals surface area contributed by atoms with Crippen molar-refractivity contribution in [2.24, 2.45) is 0 Å². The number of allylic oxidation sites excluding steroid dienone is 10. The molecular weight excluding hydrogens is 536 g/mol. The van der Waals surface area contributed by atoms with Crippen LogP contribution in [-0.4, -0.2) is 38.4 Å². The van der Waals surface area contributed by atoms with Crippen LogP contribution >= 0.6 is 0 Å². The van der Waals surface area contributed by atoms with Gasteiger partial charge in [0.2, 0.25) is 0 Å². The summed E-state index contributed by atoms with van der Waals surface area (Å²) in [7, 11) is 0. The lowest BCUT2D eigenvalue weighted by Gasteiger charge is -2.04. The molecule has 0 fully saturated rings. The van der Waals surface area contributed by atoms with Crippen LogP contribution in [0.15, 0.2) is 72.9 Å². The van der Waals surface area contributed by atoms with E-state index >= 15 is 0 Å². The second-order valence-electron chi connectivity index (χ2n) is 10.9. The van der Waals surface area contributed by atoms with Crippen molar-refractivity contribution < 1.29 is 23.8 Å². The standard InChI is InChI=1S/C38H62O5/c1-3-5-7-9-11-13-15-17-19-21-23-25-27-29-31-37(39)33-41-35-43-36-42-34-38(40)32-30-28-26-24-22-20-18-16-14-12-10-8-6-4-2/h9-12,25-32H,3-8,13-24,33-36H2,1-2H3/b11-9+,12-10+,27-25+,28-26+,31-29+,32-30+. The quantitative estimate of drug-likeness (QED) is 0.0253. The Hall–Kier alpha value is -2.34. The van der Waals surface area contributed by atoms with Crippen molar-refractivity contribution in [2.75, 3.05) is 26.8 Å². The van der Waals surface area contributed by atoms with Crippen molar-refractivity contribution in [3.8, 4) is 0 Å². The SMILES string of the molecule is CCCC/C=C/CCCCCC/C=C/C=C/C(=O)COCOCOCC(=O)/C=C/C=C/CCCCCC/C=C/CCCC. The number of carbonyl (C=O) groups is 2. The molecule has 0 saturated carbocycles. The number of hydrogen-bond acceptors (Lipinski definition) is 5. The fourth-order valence-electron chi connectivity index (χ4n) is 4.08. The molecule has 0 heterocycles. The molecule has 0 aromatic heterocycles. The van der Waals surface area contributed by atoms with Crippen molar-refractivity contribution in [1.82, 2.24) is 0 Å². The summed E-state index contributed by atoms with van der Waals surface area (Å²) >= 11 is 0. The molecule has 0 aliphatic carbocycles. The van der Waals surface area contributed by atoms with E-state index < -0.39 is 0 Å². The van der Waals surface area contributed by atoms with E-state index in [1.807, 2.05) is 12.2 Å². The van der Waals surface area contributed by atoms with Crippen molar-refractivity contribution in [3.05, 3.63) is 72.9 Å².